The fourth-order valence-electron chi connectivity index (χ4n) is 2.05. The van der Waals surface area contributed by atoms with Crippen LogP contribution in [0.1, 0.15) is 39.5 Å². The lowest BCUT2D eigenvalue weighted by Gasteiger charge is -2.27. The van der Waals surface area contributed by atoms with E-state index in [1.54, 1.807) is 11.8 Å². The van der Waals surface area contributed by atoms with Crippen LogP contribution in [0.15, 0.2) is 0 Å². The largest absolute Gasteiger partial charge is 0.481 e. The van der Waals surface area contributed by atoms with Gasteiger partial charge in [0.25, 0.3) is 0 Å². The van der Waals surface area contributed by atoms with Gasteiger partial charge in [-0.05, 0) is 46.2 Å². The van der Waals surface area contributed by atoms with Gasteiger partial charge in [-0.3, -0.25) is 9.59 Å². The molecule has 0 aromatic carbocycles. The van der Waals surface area contributed by atoms with Crippen molar-refractivity contribution in [1.29, 1.82) is 0 Å². The van der Waals surface area contributed by atoms with Gasteiger partial charge in [-0.1, -0.05) is 0 Å². The standard InChI is InChI=1S/C13H24N2O3S/c1-13(2,6-3-12(17)18)15-11(16)9-19-10-4-7-14-8-5-10/h10,14H,3-9H2,1-2H3,(H,15,16)(H,17,18). The van der Waals surface area contributed by atoms with Crippen molar-refractivity contribution >= 4 is 23.6 Å². The molecule has 0 bridgehead atoms. The number of rotatable bonds is 7. The predicted octanol–water partition coefficient (Wildman–Crippen LogP) is 1.23. The van der Waals surface area contributed by atoms with Crippen LogP contribution in [-0.2, 0) is 9.59 Å². The van der Waals surface area contributed by atoms with Crippen LogP contribution in [0, 0.1) is 0 Å². The molecular weight excluding hydrogens is 264 g/mol. The number of nitrogens with one attached hydrogen (secondary N) is 2. The summed E-state index contributed by atoms with van der Waals surface area (Å²) in [4.78, 5) is 22.4. The molecule has 6 heteroatoms. The van der Waals surface area contributed by atoms with E-state index >= 15 is 0 Å². The first-order valence-electron chi connectivity index (χ1n) is 6.74. The van der Waals surface area contributed by atoms with Gasteiger partial charge in [0, 0.05) is 17.2 Å². The number of amides is 1. The Morgan fingerprint density at radius 3 is 2.58 bits per heavy atom. The van der Waals surface area contributed by atoms with Crippen molar-refractivity contribution in [3.8, 4) is 0 Å². The molecule has 19 heavy (non-hydrogen) atoms. The van der Waals surface area contributed by atoms with Gasteiger partial charge >= 0.3 is 5.97 Å². The van der Waals surface area contributed by atoms with Crippen molar-refractivity contribution in [2.75, 3.05) is 18.8 Å². The Labute approximate surface area is 118 Å². The molecule has 0 aromatic rings. The summed E-state index contributed by atoms with van der Waals surface area (Å²) in [5, 5.41) is 15.4. The third-order valence-electron chi connectivity index (χ3n) is 3.18. The minimum absolute atomic E-state index is 0.000999. The summed E-state index contributed by atoms with van der Waals surface area (Å²) < 4.78 is 0. The molecule has 5 nitrogen and oxygen atoms in total. The van der Waals surface area contributed by atoms with E-state index in [-0.39, 0.29) is 12.3 Å². The zero-order valence-corrected chi connectivity index (χ0v) is 12.5. The van der Waals surface area contributed by atoms with Crippen LogP contribution in [0.5, 0.6) is 0 Å². The first-order chi connectivity index (χ1) is 8.89. The number of carboxylic acids is 1. The van der Waals surface area contributed by atoms with Gasteiger partial charge in [0.2, 0.25) is 5.91 Å². The molecule has 1 saturated heterocycles. The molecule has 0 saturated carbocycles. The topological polar surface area (TPSA) is 78.4 Å². The van der Waals surface area contributed by atoms with Gasteiger partial charge < -0.3 is 15.7 Å². The molecule has 0 aromatic heterocycles. The highest BCUT2D eigenvalue weighted by Gasteiger charge is 2.22. The second-order valence-corrected chi connectivity index (χ2v) is 6.87. The molecule has 1 aliphatic rings. The zero-order chi connectivity index (χ0) is 14.3. The molecule has 1 heterocycles. The Morgan fingerprint density at radius 1 is 1.37 bits per heavy atom. The number of hydrogen-bond acceptors (Lipinski definition) is 4. The normalized spacial score (nSPS) is 17.2. The van der Waals surface area contributed by atoms with E-state index in [9.17, 15) is 9.59 Å². The lowest BCUT2D eigenvalue weighted by atomic mass is 9.98. The van der Waals surface area contributed by atoms with Gasteiger partial charge in [-0.25, -0.2) is 0 Å². The van der Waals surface area contributed by atoms with Crippen LogP contribution in [0.4, 0.5) is 0 Å². The van der Waals surface area contributed by atoms with E-state index in [1.165, 1.54) is 0 Å². The summed E-state index contributed by atoms with van der Waals surface area (Å²) in [6.07, 6.45) is 2.75. The third kappa shape index (κ3) is 7.42. The predicted molar refractivity (Wildman–Crippen MR) is 77.4 cm³/mol. The van der Waals surface area contributed by atoms with Crippen LogP contribution in [0.25, 0.3) is 0 Å². The SMILES string of the molecule is CC(C)(CCC(=O)O)NC(=O)CSC1CCNCC1. The summed E-state index contributed by atoms with van der Waals surface area (Å²) in [7, 11) is 0. The van der Waals surface area contributed by atoms with Crippen LogP contribution in [0.2, 0.25) is 0 Å². The number of hydrogen-bond donors (Lipinski definition) is 3. The van der Waals surface area contributed by atoms with Crippen molar-refractivity contribution < 1.29 is 14.7 Å². The number of carbonyl (C=O) groups excluding carboxylic acids is 1. The van der Waals surface area contributed by atoms with Gasteiger partial charge in [0.05, 0.1) is 5.75 Å². The van der Waals surface area contributed by atoms with E-state index in [0.717, 1.165) is 25.9 Å². The molecule has 0 aliphatic carbocycles. The summed E-state index contributed by atoms with van der Waals surface area (Å²) in [6.45, 7) is 5.79. The van der Waals surface area contributed by atoms with Crippen LogP contribution < -0.4 is 10.6 Å². The summed E-state index contributed by atoms with van der Waals surface area (Å²) in [6, 6.07) is 0. The average Bonchev–Trinajstić information content (AvgIpc) is 2.35. The maximum atomic E-state index is 11.9. The van der Waals surface area contributed by atoms with Gasteiger partial charge in [0.1, 0.15) is 0 Å². The van der Waals surface area contributed by atoms with Crippen LogP contribution in [0.3, 0.4) is 0 Å². The first kappa shape index (κ1) is 16.3. The second kappa shape index (κ2) is 7.75. The van der Waals surface area contributed by atoms with E-state index in [2.05, 4.69) is 10.6 Å². The van der Waals surface area contributed by atoms with Crippen LogP contribution >= 0.6 is 11.8 Å². The lowest BCUT2D eigenvalue weighted by Crippen LogP contribution is -2.44. The van der Waals surface area contributed by atoms with Crippen molar-refractivity contribution in [3.63, 3.8) is 0 Å². The molecule has 1 fully saturated rings. The smallest absolute Gasteiger partial charge is 0.303 e. The van der Waals surface area contributed by atoms with Crippen molar-refractivity contribution in [3.05, 3.63) is 0 Å². The van der Waals surface area contributed by atoms with E-state index in [4.69, 9.17) is 5.11 Å². The molecule has 1 rings (SSSR count). The maximum absolute atomic E-state index is 11.9. The highest BCUT2D eigenvalue weighted by atomic mass is 32.2. The van der Waals surface area contributed by atoms with Crippen molar-refractivity contribution in [1.82, 2.24) is 10.6 Å². The van der Waals surface area contributed by atoms with Gasteiger partial charge in [-0.15, -0.1) is 11.8 Å². The number of thioether (sulfide) groups is 1. The van der Waals surface area contributed by atoms with Gasteiger partial charge in [-0.2, -0.15) is 0 Å². The minimum Gasteiger partial charge on any atom is -0.481 e. The Kier molecular flexibility index (Phi) is 6.65. The van der Waals surface area contributed by atoms with Gasteiger partial charge in [0.15, 0.2) is 0 Å². The molecule has 0 spiro atoms. The average molecular weight is 288 g/mol. The van der Waals surface area contributed by atoms with Crippen molar-refractivity contribution in [2.45, 2.75) is 50.3 Å². The Bertz CT molecular complexity index is 315. The minimum atomic E-state index is -0.827. The van der Waals surface area contributed by atoms with E-state index < -0.39 is 11.5 Å². The lowest BCUT2D eigenvalue weighted by molar-refractivity contribution is -0.137. The van der Waals surface area contributed by atoms with Crippen LogP contribution in [-0.4, -0.2) is 46.6 Å². The fourth-order valence-corrected chi connectivity index (χ4v) is 3.08. The molecule has 0 radical (unpaired) electrons. The van der Waals surface area contributed by atoms with E-state index in [0.29, 0.717) is 17.4 Å². The Morgan fingerprint density at radius 2 is 2.00 bits per heavy atom. The molecule has 1 amide bonds. The number of piperidine rings is 1. The molecule has 110 valence electrons. The third-order valence-corrected chi connectivity index (χ3v) is 4.55. The second-order valence-electron chi connectivity index (χ2n) is 5.59. The van der Waals surface area contributed by atoms with Crippen molar-refractivity contribution in [2.24, 2.45) is 0 Å². The molecule has 0 atom stereocenters. The number of carboxylic acid groups (broad SMARTS) is 1. The zero-order valence-electron chi connectivity index (χ0n) is 11.7. The highest BCUT2D eigenvalue weighted by Crippen LogP contribution is 2.20. The fraction of sp³-hybridized carbons (Fsp3) is 0.846. The Hall–Kier alpha value is -0.750. The highest BCUT2D eigenvalue weighted by molar-refractivity contribution is 8.00. The van der Waals surface area contributed by atoms with E-state index in [1.807, 2.05) is 13.8 Å². The number of aliphatic carboxylic acids is 1. The monoisotopic (exact) mass is 288 g/mol. The summed E-state index contributed by atoms with van der Waals surface area (Å²) in [5.74, 6) is -0.369. The Balaban J connectivity index is 2.23. The maximum Gasteiger partial charge on any atom is 0.303 e. The molecule has 1 aliphatic heterocycles. The summed E-state index contributed by atoms with van der Waals surface area (Å²) in [5.41, 5.74) is -0.454. The molecule has 0 unspecified atom stereocenters. The number of carbonyl (C=O) groups is 2. The summed E-state index contributed by atoms with van der Waals surface area (Å²) >= 11 is 1.70. The first-order valence-corrected chi connectivity index (χ1v) is 7.79. The molecule has 3 N–H and O–H groups in total. The quantitative estimate of drug-likeness (QED) is 0.657. The molecular formula is C13H24N2O3S.